The predicted molar refractivity (Wildman–Crippen MR) is 65.7 cm³/mol. The van der Waals surface area contributed by atoms with Gasteiger partial charge in [-0.1, -0.05) is 6.92 Å². The summed E-state index contributed by atoms with van der Waals surface area (Å²) in [6.45, 7) is 2.08. The fourth-order valence-electron chi connectivity index (χ4n) is 1.37. The van der Waals surface area contributed by atoms with Crippen molar-refractivity contribution in [3.63, 3.8) is 0 Å². The van der Waals surface area contributed by atoms with Crippen molar-refractivity contribution in [2.45, 2.75) is 13.3 Å². The summed E-state index contributed by atoms with van der Waals surface area (Å²) in [5.74, 6) is 0.597. The van der Waals surface area contributed by atoms with Crippen molar-refractivity contribution < 1.29 is 13.9 Å². The number of carbonyl (C=O) groups excluding carboxylic acids is 1. The molecule has 0 aliphatic rings. The first-order chi connectivity index (χ1) is 8.19. The van der Waals surface area contributed by atoms with E-state index in [2.05, 4.69) is 6.92 Å². The van der Waals surface area contributed by atoms with E-state index in [1.807, 2.05) is 12.1 Å². The molecule has 1 heterocycles. The maximum Gasteiger partial charge on any atom is 0.332 e. The molecule has 88 valence electrons. The van der Waals surface area contributed by atoms with Crippen LogP contribution in [0.5, 0.6) is 10.8 Å². The monoisotopic (exact) mass is 250 g/mol. The number of hydrogen-bond donors (Lipinski definition) is 0. The quantitative estimate of drug-likeness (QED) is 0.760. The lowest BCUT2D eigenvalue weighted by Crippen LogP contribution is -1.89. The van der Waals surface area contributed by atoms with Gasteiger partial charge in [0, 0.05) is 4.88 Å². The third-order valence-electron chi connectivity index (χ3n) is 2.29. The molecule has 0 N–H and O–H groups in total. The SMILES string of the molecule is CCc1ccc(Oc2ccc(C(=O)F)cc2)s1. The minimum absolute atomic E-state index is 0.0396. The molecule has 0 aliphatic carbocycles. The average molecular weight is 250 g/mol. The highest BCUT2D eigenvalue weighted by Gasteiger charge is 2.05. The lowest BCUT2D eigenvalue weighted by Gasteiger charge is -2.02. The fourth-order valence-corrected chi connectivity index (χ4v) is 2.19. The van der Waals surface area contributed by atoms with Gasteiger partial charge < -0.3 is 4.74 Å². The summed E-state index contributed by atoms with van der Waals surface area (Å²) >= 11 is 1.57. The van der Waals surface area contributed by atoms with E-state index in [0.717, 1.165) is 11.5 Å². The van der Waals surface area contributed by atoms with E-state index in [1.54, 1.807) is 23.5 Å². The molecule has 0 fully saturated rings. The first-order valence-electron chi connectivity index (χ1n) is 5.25. The molecule has 0 radical (unpaired) electrons. The summed E-state index contributed by atoms with van der Waals surface area (Å²) in [6, 6.07) is 8.46. The molecule has 17 heavy (non-hydrogen) atoms. The lowest BCUT2D eigenvalue weighted by molar-refractivity contribution is 0.0836. The number of hydrogen-bond acceptors (Lipinski definition) is 3. The van der Waals surface area contributed by atoms with Crippen molar-refractivity contribution >= 4 is 17.4 Å². The molecule has 2 rings (SSSR count). The Morgan fingerprint density at radius 3 is 2.47 bits per heavy atom. The second-order valence-electron chi connectivity index (χ2n) is 3.47. The summed E-state index contributed by atoms with van der Waals surface area (Å²) in [6.07, 6.45) is 0.976. The van der Waals surface area contributed by atoms with Crippen molar-refractivity contribution in [2.24, 2.45) is 0 Å². The number of benzene rings is 1. The Morgan fingerprint density at radius 1 is 1.24 bits per heavy atom. The van der Waals surface area contributed by atoms with Crippen LogP contribution in [0.4, 0.5) is 4.39 Å². The molecule has 0 unspecified atom stereocenters. The summed E-state index contributed by atoms with van der Waals surface area (Å²) in [5, 5.41) is 0.793. The molecule has 4 heteroatoms. The largest absolute Gasteiger partial charge is 0.447 e. The molecule has 0 amide bonds. The standard InChI is InChI=1S/C13H11FO2S/c1-2-11-7-8-12(17-11)16-10-5-3-9(4-6-10)13(14)15/h3-8H,2H2,1H3. The minimum atomic E-state index is -1.43. The molecule has 0 spiro atoms. The van der Waals surface area contributed by atoms with Crippen LogP contribution in [0.1, 0.15) is 22.2 Å². The minimum Gasteiger partial charge on any atom is -0.447 e. The summed E-state index contributed by atoms with van der Waals surface area (Å²) in [7, 11) is 0. The van der Waals surface area contributed by atoms with Gasteiger partial charge in [0.05, 0.1) is 5.56 Å². The van der Waals surface area contributed by atoms with Crippen LogP contribution in [0.2, 0.25) is 0 Å². The number of halogens is 1. The van der Waals surface area contributed by atoms with Gasteiger partial charge in [0.1, 0.15) is 5.75 Å². The van der Waals surface area contributed by atoms with Crippen LogP contribution in [0.3, 0.4) is 0 Å². The third kappa shape index (κ3) is 2.91. The van der Waals surface area contributed by atoms with Gasteiger partial charge in [-0.25, -0.2) is 0 Å². The highest BCUT2D eigenvalue weighted by molar-refractivity contribution is 7.13. The van der Waals surface area contributed by atoms with Crippen LogP contribution < -0.4 is 4.74 Å². The van der Waals surface area contributed by atoms with Crippen molar-refractivity contribution in [1.29, 1.82) is 0 Å². The number of thiophene rings is 1. The Balaban J connectivity index is 2.10. The maximum absolute atomic E-state index is 12.4. The first-order valence-corrected chi connectivity index (χ1v) is 6.07. The van der Waals surface area contributed by atoms with Gasteiger partial charge >= 0.3 is 6.04 Å². The zero-order valence-corrected chi connectivity index (χ0v) is 10.1. The van der Waals surface area contributed by atoms with Crippen molar-refractivity contribution in [2.75, 3.05) is 0 Å². The van der Waals surface area contributed by atoms with Crippen LogP contribution in [0.15, 0.2) is 36.4 Å². The number of rotatable bonds is 4. The summed E-state index contributed by atoms with van der Waals surface area (Å²) in [5.41, 5.74) is 0.0396. The Labute approximate surface area is 103 Å². The van der Waals surface area contributed by atoms with Gasteiger partial charge in [0.15, 0.2) is 5.06 Å². The molecule has 2 nitrogen and oxygen atoms in total. The number of carbonyl (C=O) groups is 1. The first kappa shape index (κ1) is 11.8. The maximum atomic E-state index is 12.4. The Hall–Kier alpha value is -1.68. The van der Waals surface area contributed by atoms with Gasteiger partial charge in [0.25, 0.3) is 0 Å². The van der Waals surface area contributed by atoms with Gasteiger partial charge in [-0.05, 0) is 42.8 Å². The van der Waals surface area contributed by atoms with E-state index in [-0.39, 0.29) is 5.56 Å². The summed E-state index contributed by atoms with van der Waals surface area (Å²) < 4.78 is 17.9. The molecule has 0 saturated carbocycles. The van der Waals surface area contributed by atoms with Gasteiger partial charge in [0.2, 0.25) is 0 Å². The normalized spacial score (nSPS) is 10.2. The third-order valence-corrected chi connectivity index (χ3v) is 3.39. The number of ether oxygens (including phenoxy) is 1. The molecule has 2 aromatic rings. The van der Waals surface area contributed by atoms with E-state index in [1.165, 1.54) is 17.0 Å². The van der Waals surface area contributed by atoms with Gasteiger partial charge in [-0.3, -0.25) is 4.79 Å². The van der Waals surface area contributed by atoms with Gasteiger partial charge in [-0.15, -0.1) is 11.3 Å². The molecule has 1 aromatic carbocycles. The molecule has 0 saturated heterocycles. The van der Waals surface area contributed by atoms with E-state index in [0.29, 0.717) is 5.75 Å². The molecule has 0 atom stereocenters. The van der Waals surface area contributed by atoms with E-state index < -0.39 is 6.04 Å². The molecule has 1 aromatic heterocycles. The van der Waals surface area contributed by atoms with Crippen molar-refractivity contribution in [1.82, 2.24) is 0 Å². The van der Waals surface area contributed by atoms with Crippen LogP contribution in [0, 0.1) is 0 Å². The predicted octanol–water partition coefficient (Wildman–Crippen LogP) is 4.21. The smallest absolute Gasteiger partial charge is 0.332 e. The van der Waals surface area contributed by atoms with Crippen molar-refractivity contribution in [3.05, 3.63) is 46.8 Å². The second kappa shape index (κ2) is 5.10. The molecule has 0 aliphatic heterocycles. The van der Waals surface area contributed by atoms with E-state index in [4.69, 9.17) is 4.74 Å². The zero-order valence-electron chi connectivity index (χ0n) is 9.27. The summed E-state index contributed by atoms with van der Waals surface area (Å²) in [4.78, 5) is 11.7. The molecular formula is C13H11FO2S. The average Bonchev–Trinajstić information content (AvgIpc) is 2.77. The molecular weight excluding hydrogens is 239 g/mol. The van der Waals surface area contributed by atoms with Crippen LogP contribution >= 0.6 is 11.3 Å². The Kier molecular flexibility index (Phi) is 3.54. The van der Waals surface area contributed by atoms with Crippen LogP contribution in [-0.4, -0.2) is 6.04 Å². The van der Waals surface area contributed by atoms with E-state index >= 15 is 0 Å². The number of aryl methyl sites for hydroxylation is 1. The second-order valence-corrected chi connectivity index (χ2v) is 4.61. The van der Waals surface area contributed by atoms with Crippen LogP contribution in [0.25, 0.3) is 0 Å². The van der Waals surface area contributed by atoms with Crippen LogP contribution in [-0.2, 0) is 6.42 Å². The Bertz CT molecular complexity index is 516. The van der Waals surface area contributed by atoms with E-state index in [9.17, 15) is 9.18 Å². The molecule has 0 bridgehead atoms. The lowest BCUT2D eigenvalue weighted by atomic mass is 10.2. The van der Waals surface area contributed by atoms with Crippen molar-refractivity contribution in [3.8, 4) is 10.8 Å². The fraction of sp³-hybridized carbons (Fsp3) is 0.154. The highest BCUT2D eigenvalue weighted by Crippen LogP contribution is 2.29. The highest BCUT2D eigenvalue weighted by atomic mass is 32.1. The Morgan fingerprint density at radius 2 is 1.94 bits per heavy atom. The topological polar surface area (TPSA) is 26.3 Å². The zero-order chi connectivity index (χ0) is 12.3. The van der Waals surface area contributed by atoms with Gasteiger partial charge in [-0.2, -0.15) is 4.39 Å².